The van der Waals surface area contributed by atoms with Gasteiger partial charge in [0.05, 0.1) is 22.2 Å². The quantitative estimate of drug-likeness (QED) is 0.360. The van der Waals surface area contributed by atoms with Crippen molar-refractivity contribution in [1.82, 2.24) is 13.9 Å². The Hall–Kier alpha value is -1.97. The number of nitrogens with zero attached hydrogens (tertiary/aromatic N) is 3. The van der Waals surface area contributed by atoms with Gasteiger partial charge in [-0.25, -0.2) is 0 Å². The molecule has 0 bridgehead atoms. The molecule has 3 aromatic heterocycles. The number of pyridine rings is 1. The van der Waals surface area contributed by atoms with E-state index >= 15 is 0 Å². The van der Waals surface area contributed by atoms with Crippen LogP contribution in [-0.4, -0.2) is 63.7 Å². The van der Waals surface area contributed by atoms with Crippen LogP contribution in [0.4, 0.5) is 0 Å². The van der Waals surface area contributed by atoms with E-state index in [9.17, 15) is 10.0 Å². The van der Waals surface area contributed by atoms with Gasteiger partial charge in [-0.2, -0.15) is 0 Å². The van der Waals surface area contributed by atoms with E-state index in [1.165, 1.54) is 0 Å². The van der Waals surface area contributed by atoms with Gasteiger partial charge in [0.25, 0.3) is 0 Å². The molecule has 0 unspecified atom stereocenters. The van der Waals surface area contributed by atoms with E-state index in [0.29, 0.717) is 0 Å². The van der Waals surface area contributed by atoms with Gasteiger partial charge in [0, 0.05) is 33.2 Å². The van der Waals surface area contributed by atoms with E-state index in [2.05, 4.69) is 20.9 Å². The number of rotatable bonds is 3. The molecule has 0 amide bonds. The zero-order valence-corrected chi connectivity index (χ0v) is 24.5. The van der Waals surface area contributed by atoms with Gasteiger partial charge in [0.15, 0.2) is 0 Å². The molecule has 1 fully saturated rings. The molecule has 0 aliphatic carbocycles. The maximum atomic E-state index is 9.94. The lowest BCUT2D eigenvalue weighted by atomic mass is 9.80. The molecule has 7 nitrogen and oxygen atoms in total. The summed E-state index contributed by atoms with van der Waals surface area (Å²) in [5.74, 6) is 0. The Labute approximate surface area is 230 Å². The molecule has 0 spiro atoms. The Morgan fingerprint density at radius 3 is 1.97 bits per heavy atom. The molecule has 1 radical (unpaired) electrons. The SMILES string of the molecule is CB(O)n1cc(B2OC(C)(C)C(C)(C)O2)c2ncccc21.CB(O)n1cc(Br)c2ccccc21.C[B]C. The average molecular weight is 565 g/mol. The summed E-state index contributed by atoms with van der Waals surface area (Å²) >= 11 is 3.45. The second-order valence-electron chi connectivity index (χ2n) is 10.2. The van der Waals surface area contributed by atoms with Crippen molar-refractivity contribution < 1.29 is 19.4 Å². The molecular formula is C25H35B4BrN3O4. The van der Waals surface area contributed by atoms with Crippen LogP contribution >= 0.6 is 15.9 Å². The van der Waals surface area contributed by atoms with Gasteiger partial charge in [-0.05, 0) is 81.7 Å². The Morgan fingerprint density at radius 2 is 1.41 bits per heavy atom. The number of hydrogen-bond acceptors (Lipinski definition) is 5. The summed E-state index contributed by atoms with van der Waals surface area (Å²) in [7, 11) is 0.400. The Kier molecular flexibility index (Phi) is 9.46. The zero-order chi connectivity index (χ0) is 27.5. The van der Waals surface area contributed by atoms with Crippen molar-refractivity contribution in [3.63, 3.8) is 0 Å². The van der Waals surface area contributed by atoms with Gasteiger partial charge in [-0.15, -0.1) is 0 Å². The fourth-order valence-corrected chi connectivity index (χ4v) is 4.59. The number of para-hydroxylation sites is 1. The summed E-state index contributed by atoms with van der Waals surface area (Å²) in [6.07, 6.45) is 5.50. The molecule has 1 saturated heterocycles. The van der Waals surface area contributed by atoms with Gasteiger partial charge >= 0.3 is 21.2 Å². The van der Waals surface area contributed by atoms with Gasteiger partial charge in [0.1, 0.15) is 7.28 Å². The number of halogens is 1. The van der Waals surface area contributed by atoms with E-state index in [1.54, 1.807) is 24.3 Å². The summed E-state index contributed by atoms with van der Waals surface area (Å²) in [4.78, 5) is 4.43. The molecule has 5 rings (SSSR count). The van der Waals surface area contributed by atoms with Crippen molar-refractivity contribution in [3.8, 4) is 0 Å². The summed E-state index contributed by atoms with van der Waals surface area (Å²) in [5.41, 5.74) is 2.78. The normalized spacial score (nSPS) is 15.6. The highest BCUT2D eigenvalue weighted by atomic mass is 79.9. The highest BCUT2D eigenvalue weighted by Crippen LogP contribution is 2.37. The van der Waals surface area contributed by atoms with Crippen LogP contribution in [0, 0.1) is 0 Å². The molecule has 0 atom stereocenters. The standard InChI is InChI=1S/C14H20B2N2O3.C9H9BBrNO.C2H6B/c1-13(2)14(3,4)21-16(20-13)10-9-18(15(5)19)11-7-6-8-17-12(10)11;1-10(13)12-6-8(11)7-4-2-3-5-9(7)12;1-3-2/h6-9,19H,1-5H3;2-6,13H,1H3;1-2H3. The molecule has 2 N–H and O–H groups in total. The first-order valence-electron chi connectivity index (χ1n) is 12.5. The monoisotopic (exact) mass is 564 g/mol. The molecular weight excluding hydrogens is 529 g/mol. The van der Waals surface area contributed by atoms with Crippen molar-refractivity contribution in [2.45, 2.75) is 66.2 Å². The molecule has 193 valence electrons. The van der Waals surface area contributed by atoms with Crippen molar-refractivity contribution in [1.29, 1.82) is 0 Å². The lowest BCUT2D eigenvalue weighted by molar-refractivity contribution is 0.00578. The highest BCUT2D eigenvalue weighted by Gasteiger charge is 2.52. The summed E-state index contributed by atoms with van der Waals surface area (Å²) in [6, 6.07) is 11.8. The predicted molar refractivity (Wildman–Crippen MR) is 161 cm³/mol. The second kappa shape index (κ2) is 11.8. The summed E-state index contributed by atoms with van der Waals surface area (Å²) < 4.78 is 16.8. The maximum Gasteiger partial charge on any atom is 0.498 e. The van der Waals surface area contributed by atoms with Crippen LogP contribution in [0.25, 0.3) is 21.9 Å². The minimum absolute atomic E-state index is 0.397. The first-order valence-corrected chi connectivity index (χ1v) is 13.3. The van der Waals surface area contributed by atoms with Crippen molar-refractivity contribution in [2.75, 3.05) is 0 Å². The number of aromatic nitrogens is 3. The van der Waals surface area contributed by atoms with E-state index in [0.717, 1.165) is 31.9 Å². The molecule has 37 heavy (non-hydrogen) atoms. The minimum Gasteiger partial charge on any atom is -0.432 e. The summed E-state index contributed by atoms with van der Waals surface area (Å²) in [5, 5.41) is 20.5. The van der Waals surface area contributed by atoms with Crippen molar-refractivity contribution in [3.05, 3.63) is 59.5 Å². The van der Waals surface area contributed by atoms with Gasteiger partial charge < -0.3 is 28.3 Å². The van der Waals surface area contributed by atoms with Crippen molar-refractivity contribution >= 4 is 71.8 Å². The zero-order valence-electron chi connectivity index (χ0n) is 22.9. The van der Waals surface area contributed by atoms with Crippen LogP contribution in [0.15, 0.2) is 59.5 Å². The topological polar surface area (TPSA) is 81.7 Å². The summed E-state index contributed by atoms with van der Waals surface area (Å²) in [6.45, 7) is 15.6. The Bertz CT molecular complexity index is 1320. The second-order valence-corrected chi connectivity index (χ2v) is 11.0. The lowest BCUT2D eigenvalue weighted by Crippen LogP contribution is -2.41. The van der Waals surface area contributed by atoms with Crippen LogP contribution in [0.1, 0.15) is 27.7 Å². The van der Waals surface area contributed by atoms with E-state index in [1.807, 2.05) is 102 Å². The third-order valence-corrected chi connectivity index (χ3v) is 7.25. The fraction of sp³-hybridized carbons (Fsp3) is 0.400. The fourth-order valence-electron chi connectivity index (χ4n) is 4.03. The van der Waals surface area contributed by atoms with Crippen LogP contribution < -0.4 is 5.46 Å². The Morgan fingerprint density at radius 1 is 0.892 bits per heavy atom. The Balaban J connectivity index is 0.000000203. The maximum absolute atomic E-state index is 9.94. The molecule has 0 saturated carbocycles. The largest absolute Gasteiger partial charge is 0.498 e. The van der Waals surface area contributed by atoms with E-state index in [4.69, 9.17) is 9.31 Å². The molecule has 12 heteroatoms. The van der Waals surface area contributed by atoms with E-state index < -0.39 is 32.4 Å². The van der Waals surface area contributed by atoms with Crippen molar-refractivity contribution in [2.24, 2.45) is 0 Å². The molecule has 1 aliphatic rings. The van der Waals surface area contributed by atoms with Crippen LogP contribution in [0.5, 0.6) is 0 Å². The first-order chi connectivity index (χ1) is 17.3. The third-order valence-electron chi connectivity index (χ3n) is 6.62. The average Bonchev–Trinajstić information content (AvgIpc) is 3.44. The number of hydrogen-bond donors (Lipinski definition) is 2. The molecule has 1 aromatic carbocycles. The third kappa shape index (κ3) is 6.20. The smallest absolute Gasteiger partial charge is 0.432 e. The van der Waals surface area contributed by atoms with E-state index in [-0.39, 0.29) is 0 Å². The number of fused-ring (bicyclic) bond motifs is 2. The molecule has 4 aromatic rings. The first kappa shape index (κ1) is 29.6. The molecule has 1 aliphatic heterocycles. The highest BCUT2D eigenvalue weighted by molar-refractivity contribution is 9.10. The predicted octanol–water partition coefficient (Wildman–Crippen LogP) is 4.44. The van der Waals surface area contributed by atoms with Gasteiger partial charge in [-0.3, -0.25) is 4.98 Å². The molecule has 4 heterocycles. The van der Waals surface area contributed by atoms with Gasteiger partial charge in [-0.1, -0.05) is 31.8 Å². The lowest BCUT2D eigenvalue weighted by Gasteiger charge is -2.32. The number of benzene rings is 1. The van der Waals surface area contributed by atoms with Gasteiger partial charge in [0.2, 0.25) is 0 Å². The van der Waals surface area contributed by atoms with Crippen LogP contribution in [0.2, 0.25) is 27.3 Å². The van der Waals surface area contributed by atoms with Crippen LogP contribution in [0.3, 0.4) is 0 Å². The van der Waals surface area contributed by atoms with Crippen LogP contribution in [-0.2, 0) is 9.31 Å². The minimum atomic E-state index is -0.632.